The largest absolute Gasteiger partial charge is 0.368 e. The van der Waals surface area contributed by atoms with Crippen LogP contribution in [0.15, 0.2) is 29.4 Å². The van der Waals surface area contributed by atoms with Crippen molar-refractivity contribution in [2.75, 3.05) is 22.5 Å². The van der Waals surface area contributed by atoms with Crippen LogP contribution in [0.1, 0.15) is 17.3 Å². The number of nitrogens with one attached hydrogen (secondary N) is 1. The van der Waals surface area contributed by atoms with Crippen LogP contribution in [-0.2, 0) is 4.79 Å². The molecule has 0 fully saturated rings. The second-order valence-electron chi connectivity index (χ2n) is 4.30. The Kier molecular flexibility index (Phi) is 4.89. The van der Waals surface area contributed by atoms with Crippen LogP contribution in [0.4, 0.5) is 17.6 Å². The second-order valence-corrected chi connectivity index (χ2v) is 5.25. The molecule has 0 aliphatic rings. The van der Waals surface area contributed by atoms with Crippen molar-refractivity contribution in [1.29, 1.82) is 0 Å². The average molecular weight is 318 g/mol. The monoisotopic (exact) mass is 318 g/mol. The molecule has 0 saturated carbocycles. The molecule has 0 saturated heterocycles. The summed E-state index contributed by atoms with van der Waals surface area (Å²) in [5.74, 6) is -0.154. The molecule has 1 amide bonds. The van der Waals surface area contributed by atoms with Gasteiger partial charge in [-0.25, -0.2) is 0 Å². The number of nitrogen functional groups attached to an aromatic ring is 2. The highest BCUT2D eigenvalue weighted by Gasteiger charge is 2.08. The van der Waals surface area contributed by atoms with Gasteiger partial charge in [0, 0.05) is 11.3 Å². The van der Waals surface area contributed by atoms with Gasteiger partial charge in [0.05, 0.1) is 5.75 Å². The number of amides is 1. The standard InChI is InChI=1S/C13H14N6O2S/c1-7(20)8-2-4-9(5-3-8)16-10(21)6-22-13-18-11(14)17-12(15)19-13/h2-5H,6H2,1H3,(H,16,21)(H4,14,15,17,18,19). The molecular weight excluding hydrogens is 304 g/mol. The van der Waals surface area contributed by atoms with E-state index in [1.165, 1.54) is 6.92 Å². The predicted molar refractivity (Wildman–Crippen MR) is 84.5 cm³/mol. The summed E-state index contributed by atoms with van der Waals surface area (Å²) in [6, 6.07) is 6.63. The first-order chi connectivity index (χ1) is 10.4. The number of Topliss-reactive ketones (excluding diaryl/α,β-unsaturated/α-hetero) is 1. The number of ketones is 1. The molecule has 0 bridgehead atoms. The Labute approximate surface area is 130 Å². The molecule has 22 heavy (non-hydrogen) atoms. The van der Waals surface area contributed by atoms with Crippen LogP contribution >= 0.6 is 11.8 Å². The summed E-state index contributed by atoms with van der Waals surface area (Å²) < 4.78 is 0. The number of nitrogens with two attached hydrogens (primary N) is 2. The molecule has 2 aromatic rings. The Morgan fingerprint density at radius 1 is 1.09 bits per heavy atom. The van der Waals surface area contributed by atoms with E-state index in [0.29, 0.717) is 11.3 Å². The minimum absolute atomic E-state index is 0.00947. The van der Waals surface area contributed by atoms with E-state index >= 15 is 0 Å². The molecule has 0 radical (unpaired) electrons. The Morgan fingerprint density at radius 2 is 1.68 bits per heavy atom. The number of anilines is 3. The normalized spacial score (nSPS) is 10.2. The lowest BCUT2D eigenvalue weighted by Gasteiger charge is -2.05. The molecule has 8 nitrogen and oxygen atoms in total. The van der Waals surface area contributed by atoms with Gasteiger partial charge in [-0.3, -0.25) is 9.59 Å². The lowest BCUT2D eigenvalue weighted by Crippen LogP contribution is -2.14. The smallest absolute Gasteiger partial charge is 0.234 e. The number of nitrogens with zero attached hydrogens (tertiary/aromatic N) is 3. The van der Waals surface area contributed by atoms with Crippen LogP contribution in [0.25, 0.3) is 0 Å². The zero-order chi connectivity index (χ0) is 16.1. The number of carbonyl (C=O) groups excluding carboxylic acids is 2. The van der Waals surface area contributed by atoms with Gasteiger partial charge in [0.25, 0.3) is 0 Å². The number of thioether (sulfide) groups is 1. The molecule has 9 heteroatoms. The highest BCUT2D eigenvalue weighted by Crippen LogP contribution is 2.15. The number of benzene rings is 1. The number of aromatic nitrogens is 3. The summed E-state index contributed by atoms with van der Waals surface area (Å²) in [5.41, 5.74) is 12.1. The molecule has 0 spiro atoms. The molecular formula is C13H14N6O2S. The third-order valence-corrected chi connectivity index (χ3v) is 3.40. The highest BCUT2D eigenvalue weighted by atomic mass is 32.2. The number of rotatable bonds is 5. The Balaban J connectivity index is 1.91. The van der Waals surface area contributed by atoms with Gasteiger partial charge in [-0.2, -0.15) is 15.0 Å². The number of hydrogen-bond donors (Lipinski definition) is 3. The minimum atomic E-state index is -0.238. The number of hydrogen-bond acceptors (Lipinski definition) is 8. The summed E-state index contributed by atoms with van der Waals surface area (Å²) in [6.07, 6.45) is 0. The van der Waals surface area contributed by atoms with E-state index in [2.05, 4.69) is 20.3 Å². The molecule has 0 aliphatic heterocycles. The van der Waals surface area contributed by atoms with Gasteiger partial charge >= 0.3 is 0 Å². The fourth-order valence-electron chi connectivity index (χ4n) is 1.57. The van der Waals surface area contributed by atoms with Gasteiger partial charge in [-0.05, 0) is 31.2 Å². The van der Waals surface area contributed by atoms with E-state index in [1.807, 2.05) is 0 Å². The van der Waals surface area contributed by atoms with Gasteiger partial charge < -0.3 is 16.8 Å². The minimum Gasteiger partial charge on any atom is -0.368 e. The van der Waals surface area contributed by atoms with Crippen molar-refractivity contribution in [2.24, 2.45) is 0 Å². The van der Waals surface area contributed by atoms with Crippen molar-refractivity contribution in [3.63, 3.8) is 0 Å². The molecule has 1 aromatic carbocycles. The van der Waals surface area contributed by atoms with Crippen LogP contribution in [0.3, 0.4) is 0 Å². The maximum atomic E-state index is 11.8. The number of carbonyl (C=O) groups is 2. The lowest BCUT2D eigenvalue weighted by atomic mass is 10.1. The lowest BCUT2D eigenvalue weighted by molar-refractivity contribution is -0.113. The summed E-state index contributed by atoms with van der Waals surface area (Å²) >= 11 is 1.10. The van der Waals surface area contributed by atoms with Gasteiger partial charge in [0.1, 0.15) is 0 Å². The maximum Gasteiger partial charge on any atom is 0.234 e. The third-order valence-electron chi connectivity index (χ3n) is 2.56. The Morgan fingerprint density at radius 3 is 2.23 bits per heavy atom. The second kappa shape index (κ2) is 6.85. The van der Waals surface area contributed by atoms with Crippen LogP contribution in [-0.4, -0.2) is 32.4 Å². The van der Waals surface area contributed by atoms with Crippen LogP contribution in [0.2, 0.25) is 0 Å². The fraction of sp³-hybridized carbons (Fsp3) is 0.154. The summed E-state index contributed by atoms with van der Waals surface area (Å²) in [6.45, 7) is 1.48. The Bertz CT molecular complexity index is 684. The molecule has 1 aromatic heterocycles. The van der Waals surface area contributed by atoms with Crippen molar-refractivity contribution in [2.45, 2.75) is 12.1 Å². The quantitative estimate of drug-likeness (QED) is 0.548. The summed E-state index contributed by atoms with van der Waals surface area (Å²) in [5, 5.41) is 2.99. The maximum absolute atomic E-state index is 11.8. The highest BCUT2D eigenvalue weighted by molar-refractivity contribution is 7.99. The average Bonchev–Trinajstić information content (AvgIpc) is 2.45. The van der Waals surface area contributed by atoms with Crippen molar-refractivity contribution in [3.05, 3.63) is 29.8 Å². The summed E-state index contributed by atoms with van der Waals surface area (Å²) in [4.78, 5) is 34.4. The van der Waals surface area contributed by atoms with E-state index in [4.69, 9.17) is 11.5 Å². The van der Waals surface area contributed by atoms with E-state index in [0.717, 1.165) is 11.8 Å². The predicted octanol–water partition coefficient (Wildman–Crippen LogP) is 0.969. The van der Waals surface area contributed by atoms with Crippen molar-refractivity contribution < 1.29 is 9.59 Å². The van der Waals surface area contributed by atoms with E-state index in [-0.39, 0.29) is 34.5 Å². The molecule has 0 unspecified atom stereocenters. The first-order valence-electron chi connectivity index (χ1n) is 6.24. The molecule has 2 rings (SSSR count). The van der Waals surface area contributed by atoms with Gasteiger partial charge in [0.15, 0.2) is 10.9 Å². The third kappa shape index (κ3) is 4.42. The van der Waals surface area contributed by atoms with Crippen LogP contribution in [0.5, 0.6) is 0 Å². The summed E-state index contributed by atoms with van der Waals surface area (Å²) in [7, 11) is 0. The molecule has 114 valence electrons. The van der Waals surface area contributed by atoms with Crippen molar-refractivity contribution >= 4 is 41.0 Å². The van der Waals surface area contributed by atoms with E-state index in [9.17, 15) is 9.59 Å². The molecule has 0 aliphatic carbocycles. The molecule has 1 heterocycles. The van der Waals surface area contributed by atoms with E-state index in [1.54, 1.807) is 24.3 Å². The zero-order valence-electron chi connectivity index (χ0n) is 11.7. The van der Waals surface area contributed by atoms with Gasteiger partial charge in [-0.15, -0.1) is 0 Å². The topological polar surface area (TPSA) is 137 Å². The van der Waals surface area contributed by atoms with Crippen molar-refractivity contribution in [3.8, 4) is 0 Å². The first-order valence-corrected chi connectivity index (χ1v) is 7.23. The van der Waals surface area contributed by atoms with Crippen LogP contribution in [0, 0.1) is 0 Å². The van der Waals surface area contributed by atoms with Gasteiger partial charge in [-0.1, -0.05) is 11.8 Å². The SMILES string of the molecule is CC(=O)c1ccc(NC(=O)CSc2nc(N)nc(N)n2)cc1. The first kappa shape index (κ1) is 15.7. The fourth-order valence-corrected chi connectivity index (χ4v) is 2.22. The van der Waals surface area contributed by atoms with Gasteiger partial charge in [0.2, 0.25) is 17.8 Å². The van der Waals surface area contributed by atoms with Crippen molar-refractivity contribution in [1.82, 2.24) is 15.0 Å². The van der Waals surface area contributed by atoms with Crippen LogP contribution < -0.4 is 16.8 Å². The van der Waals surface area contributed by atoms with E-state index < -0.39 is 0 Å². The zero-order valence-corrected chi connectivity index (χ0v) is 12.6. The molecule has 0 atom stereocenters. The Hall–Kier alpha value is -2.68. The molecule has 5 N–H and O–H groups in total.